The zero-order valence-corrected chi connectivity index (χ0v) is 14.5. The Bertz CT molecular complexity index is 270. The predicted molar refractivity (Wildman–Crippen MR) is 85.9 cm³/mol. The number of ketones is 2. The fourth-order valence-corrected chi connectivity index (χ4v) is 2.03. The van der Waals surface area contributed by atoms with Gasteiger partial charge in [0, 0.05) is 23.7 Å². The molecule has 0 spiro atoms. The summed E-state index contributed by atoms with van der Waals surface area (Å²) in [5.74, 6) is 0.738. The van der Waals surface area contributed by atoms with E-state index >= 15 is 0 Å². The average Bonchev–Trinajstić information content (AvgIpc) is 2.29. The van der Waals surface area contributed by atoms with Gasteiger partial charge in [0.15, 0.2) is 0 Å². The highest BCUT2D eigenvalue weighted by Gasteiger charge is 2.20. The first-order chi connectivity index (χ1) is 9.05. The van der Waals surface area contributed by atoms with Crippen molar-refractivity contribution in [2.75, 3.05) is 0 Å². The first-order valence-electron chi connectivity index (χ1n) is 8.12. The number of unbranched alkanes of at least 4 members (excludes halogenated alkanes) is 5. The van der Waals surface area contributed by atoms with Gasteiger partial charge in [-0.1, -0.05) is 67.2 Å². The van der Waals surface area contributed by atoms with Crippen LogP contribution in [0.25, 0.3) is 0 Å². The van der Waals surface area contributed by atoms with Crippen molar-refractivity contribution in [2.24, 2.45) is 10.8 Å². The molecule has 0 rings (SSSR count). The summed E-state index contributed by atoms with van der Waals surface area (Å²) in [6, 6.07) is 0. The molecular weight excluding hydrogens is 248 g/mol. The molecule has 0 saturated carbocycles. The minimum absolute atomic E-state index is 0.187. The summed E-state index contributed by atoms with van der Waals surface area (Å²) in [5, 5.41) is 0. The predicted octanol–water partition coefficient (Wildman–Crippen LogP) is 5.34. The molecule has 0 aliphatic heterocycles. The van der Waals surface area contributed by atoms with Crippen molar-refractivity contribution in [1.29, 1.82) is 0 Å². The van der Waals surface area contributed by atoms with Crippen LogP contribution in [0.3, 0.4) is 0 Å². The van der Waals surface area contributed by atoms with Crippen LogP contribution >= 0.6 is 0 Å². The Morgan fingerprint density at radius 3 is 1.05 bits per heavy atom. The molecule has 0 aliphatic carbocycles. The molecule has 0 amide bonds. The van der Waals surface area contributed by atoms with E-state index < -0.39 is 0 Å². The summed E-state index contributed by atoms with van der Waals surface area (Å²) in [6.45, 7) is 11.9. The van der Waals surface area contributed by atoms with Gasteiger partial charge in [0.1, 0.15) is 11.6 Å². The van der Waals surface area contributed by atoms with E-state index in [9.17, 15) is 9.59 Å². The third-order valence-electron chi connectivity index (χ3n) is 3.73. The van der Waals surface area contributed by atoms with Crippen molar-refractivity contribution in [3.63, 3.8) is 0 Å². The lowest BCUT2D eigenvalue weighted by Gasteiger charge is -2.16. The van der Waals surface area contributed by atoms with E-state index in [1.165, 1.54) is 12.8 Å². The monoisotopic (exact) mass is 282 g/mol. The lowest BCUT2D eigenvalue weighted by atomic mass is 9.87. The molecule has 20 heavy (non-hydrogen) atoms. The second-order valence-electron chi connectivity index (χ2n) is 7.97. The molecule has 0 unspecified atom stereocenters. The third-order valence-corrected chi connectivity index (χ3v) is 3.73. The van der Waals surface area contributed by atoms with E-state index in [4.69, 9.17) is 0 Å². The molecule has 2 nitrogen and oxygen atoms in total. The van der Waals surface area contributed by atoms with Crippen LogP contribution in [0.2, 0.25) is 0 Å². The number of hydrogen-bond donors (Lipinski definition) is 0. The summed E-state index contributed by atoms with van der Waals surface area (Å²) in [7, 11) is 0. The smallest absolute Gasteiger partial charge is 0.138 e. The standard InChI is InChI=1S/C18H34O2/c1-17(2,3)15(19)13-11-9-7-8-10-12-14-16(20)18(4,5)6/h7-14H2,1-6H3. The Kier molecular flexibility index (Phi) is 8.30. The van der Waals surface area contributed by atoms with Crippen LogP contribution in [0.15, 0.2) is 0 Å². The highest BCUT2D eigenvalue weighted by molar-refractivity contribution is 5.83. The van der Waals surface area contributed by atoms with Gasteiger partial charge in [-0.2, -0.15) is 0 Å². The molecule has 0 fully saturated rings. The Labute approximate surface area is 125 Å². The second-order valence-corrected chi connectivity index (χ2v) is 7.97. The van der Waals surface area contributed by atoms with Crippen molar-refractivity contribution in [1.82, 2.24) is 0 Å². The lowest BCUT2D eigenvalue weighted by Crippen LogP contribution is -2.19. The number of carbonyl (C=O) groups is 2. The Hall–Kier alpha value is -0.660. The molecule has 0 bridgehead atoms. The van der Waals surface area contributed by atoms with Gasteiger partial charge >= 0.3 is 0 Å². The highest BCUT2D eigenvalue weighted by atomic mass is 16.1. The van der Waals surface area contributed by atoms with Gasteiger partial charge in [0.25, 0.3) is 0 Å². The first kappa shape index (κ1) is 19.3. The van der Waals surface area contributed by atoms with E-state index in [-0.39, 0.29) is 10.8 Å². The number of hydrogen-bond acceptors (Lipinski definition) is 2. The Morgan fingerprint density at radius 1 is 0.550 bits per heavy atom. The largest absolute Gasteiger partial charge is 0.299 e. The summed E-state index contributed by atoms with van der Waals surface area (Å²) in [6.07, 6.45) is 8.08. The van der Waals surface area contributed by atoms with Crippen LogP contribution in [0.1, 0.15) is 92.9 Å². The van der Waals surface area contributed by atoms with E-state index in [0.29, 0.717) is 24.4 Å². The van der Waals surface area contributed by atoms with E-state index in [1.807, 2.05) is 41.5 Å². The molecule has 0 aromatic heterocycles. The van der Waals surface area contributed by atoms with Crippen LogP contribution in [-0.4, -0.2) is 11.6 Å². The first-order valence-corrected chi connectivity index (χ1v) is 8.12. The summed E-state index contributed by atoms with van der Waals surface area (Å²) in [4.78, 5) is 23.5. The number of Topliss-reactive ketones (excluding diaryl/α,β-unsaturated/α-hetero) is 2. The molecule has 0 radical (unpaired) electrons. The SMILES string of the molecule is CC(C)(C)C(=O)CCCCCCCCC(=O)C(C)(C)C. The van der Waals surface area contributed by atoms with Crippen molar-refractivity contribution in [3.8, 4) is 0 Å². The summed E-state index contributed by atoms with van der Waals surface area (Å²) < 4.78 is 0. The topological polar surface area (TPSA) is 34.1 Å². The fourth-order valence-electron chi connectivity index (χ4n) is 2.03. The second kappa shape index (κ2) is 8.59. The van der Waals surface area contributed by atoms with Crippen LogP contribution < -0.4 is 0 Å². The van der Waals surface area contributed by atoms with Crippen molar-refractivity contribution in [3.05, 3.63) is 0 Å². The third kappa shape index (κ3) is 9.28. The molecule has 0 N–H and O–H groups in total. The highest BCUT2D eigenvalue weighted by Crippen LogP contribution is 2.20. The minimum Gasteiger partial charge on any atom is -0.299 e. The molecular formula is C18H34O2. The van der Waals surface area contributed by atoms with E-state index in [0.717, 1.165) is 25.7 Å². The van der Waals surface area contributed by atoms with Gasteiger partial charge in [-0.15, -0.1) is 0 Å². The molecule has 2 heteroatoms. The van der Waals surface area contributed by atoms with Crippen molar-refractivity contribution >= 4 is 11.6 Å². The Balaban J connectivity index is 3.47. The fraction of sp³-hybridized carbons (Fsp3) is 0.889. The van der Waals surface area contributed by atoms with Crippen LogP contribution in [-0.2, 0) is 9.59 Å². The van der Waals surface area contributed by atoms with E-state index in [1.54, 1.807) is 0 Å². The van der Waals surface area contributed by atoms with Gasteiger partial charge in [-0.25, -0.2) is 0 Å². The number of rotatable bonds is 9. The Morgan fingerprint density at radius 2 is 0.800 bits per heavy atom. The van der Waals surface area contributed by atoms with Crippen LogP contribution in [0, 0.1) is 10.8 Å². The molecule has 0 aliphatic rings. The number of carbonyl (C=O) groups excluding carboxylic acids is 2. The van der Waals surface area contributed by atoms with Crippen molar-refractivity contribution in [2.45, 2.75) is 92.9 Å². The van der Waals surface area contributed by atoms with Gasteiger partial charge in [-0.05, 0) is 12.8 Å². The molecule has 0 atom stereocenters. The average molecular weight is 282 g/mol. The maximum absolute atomic E-state index is 11.7. The zero-order chi connectivity index (χ0) is 15.8. The summed E-state index contributed by atoms with van der Waals surface area (Å²) in [5.41, 5.74) is -0.374. The van der Waals surface area contributed by atoms with E-state index in [2.05, 4.69) is 0 Å². The lowest BCUT2D eigenvalue weighted by molar-refractivity contribution is -0.127. The van der Waals surface area contributed by atoms with Crippen molar-refractivity contribution < 1.29 is 9.59 Å². The quantitative estimate of drug-likeness (QED) is 0.535. The van der Waals surface area contributed by atoms with Gasteiger partial charge < -0.3 is 0 Å². The molecule has 0 saturated heterocycles. The summed E-state index contributed by atoms with van der Waals surface area (Å²) >= 11 is 0. The zero-order valence-electron chi connectivity index (χ0n) is 14.5. The molecule has 118 valence electrons. The molecule has 0 aromatic carbocycles. The maximum atomic E-state index is 11.7. The van der Waals surface area contributed by atoms with Crippen LogP contribution in [0.5, 0.6) is 0 Å². The van der Waals surface area contributed by atoms with Gasteiger partial charge in [0.05, 0.1) is 0 Å². The maximum Gasteiger partial charge on any atom is 0.138 e. The van der Waals surface area contributed by atoms with Crippen LogP contribution in [0.4, 0.5) is 0 Å². The normalized spacial score (nSPS) is 12.5. The van der Waals surface area contributed by atoms with Gasteiger partial charge in [0.2, 0.25) is 0 Å². The van der Waals surface area contributed by atoms with Gasteiger partial charge in [-0.3, -0.25) is 9.59 Å². The molecule has 0 aromatic rings. The minimum atomic E-state index is -0.187. The molecule has 0 heterocycles.